The average molecular weight is 348 g/mol. The molecule has 4 nitrogen and oxygen atoms in total. The molecule has 0 unspecified atom stereocenters. The smallest absolute Gasteiger partial charge is 0.243 e. The lowest BCUT2D eigenvalue weighted by Gasteiger charge is -2.21. The van der Waals surface area contributed by atoms with Crippen LogP contribution in [0.25, 0.3) is 0 Å². The third-order valence-electron chi connectivity index (χ3n) is 3.31. The highest BCUT2D eigenvalue weighted by molar-refractivity contribution is 9.10. The Hall–Kier alpha value is -0.430. The van der Waals surface area contributed by atoms with Crippen LogP contribution in [-0.4, -0.2) is 39.5 Å². The maximum Gasteiger partial charge on any atom is 0.243 e. The van der Waals surface area contributed by atoms with Crippen LogP contribution in [-0.2, 0) is 14.8 Å². The second-order valence-electron chi connectivity index (χ2n) is 4.95. The number of nitrogens with zero attached hydrogens (tertiary/aromatic N) is 1. The van der Waals surface area contributed by atoms with E-state index in [4.69, 9.17) is 4.74 Å². The molecule has 0 saturated carbocycles. The van der Waals surface area contributed by atoms with E-state index in [0.29, 0.717) is 28.4 Å². The molecule has 6 heteroatoms. The maximum absolute atomic E-state index is 12.5. The zero-order valence-corrected chi connectivity index (χ0v) is 13.5. The average Bonchev–Trinajstić information content (AvgIpc) is 2.85. The van der Waals surface area contributed by atoms with E-state index in [1.54, 1.807) is 19.2 Å². The molecule has 1 aromatic carbocycles. The highest BCUT2D eigenvalue weighted by Gasteiger charge is 2.27. The maximum atomic E-state index is 12.5. The van der Waals surface area contributed by atoms with E-state index in [9.17, 15) is 8.42 Å². The SMILES string of the molecule is Cc1ccc(Br)c(S(=O)(=O)N(C)C[C@@H]2CCOC2)c1. The largest absolute Gasteiger partial charge is 0.381 e. The third kappa shape index (κ3) is 3.37. The highest BCUT2D eigenvalue weighted by Crippen LogP contribution is 2.26. The van der Waals surface area contributed by atoms with Crippen LogP contribution >= 0.6 is 15.9 Å². The molecule has 0 bridgehead atoms. The summed E-state index contributed by atoms with van der Waals surface area (Å²) in [6.45, 7) is 3.76. The van der Waals surface area contributed by atoms with E-state index in [-0.39, 0.29) is 0 Å². The first kappa shape index (κ1) is 15.0. The first-order valence-electron chi connectivity index (χ1n) is 6.21. The molecule has 1 atom stereocenters. The fourth-order valence-electron chi connectivity index (χ4n) is 2.17. The van der Waals surface area contributed by atoms with E-state index in [0.717, 1.165) is 18.6 Å². The molecule has 0 radical (unpaired) electrons. The van der Waals surface area contributed by atoms with E-state index < -0.39 is 10.0 Å². The lowest BCUT2D eigenvalue weighted by molar-refractivity contribution is 0.182. The molecule has 0 aliphatic carbocycles. The normalized spacial score (nSPS) is 20.1. The van der Waals surface area contributed by atoms with Gasteiger partial charge < -0.3 is 4.74 Å². The fourth-order valence-corrected chi connectivity index (χ4v) is 4.42. The van der Waals surface area contributed by atoms with Crippen molar-refractivity contribution in [1.29, 1.82) is 0 Å². The number of hydrogen-bond donors (Lipinski definition) is 0. The summed E-state index contributed by atoms with van der Waals surface area (Å²) in [7, 11) is -1.82. The lowest BCUT2D eigenvalue weighted by atomic mass is 10.1. The lowest BCUT2D eigenvalue weighted by Crippen LogP contribution is -2.32. The Bertz CT molecular complexity index is 553. The van der Waals surface area contributed by atoms with E-state index >= 15 is 0 Å². The van der Waals surface area contributed by atoms with Gasteiger partial charge in [-0.15, -0.1) is 0 Å². The van der Waals surface area contributed by atoms with Crippen molar-refractivity contribution in [3.05, 3.63) is 28.2 Å². The summed E-state index contributed by atoms with van der Waals surface area (Å²) in [5, 5.41) is 0. The minimum Gasteiger partial charge on any atom is -0.381 e. The molecular weight excluding hydrogens is 330 g/mol. The minimum absolute atomic E-state index is 0.295. The van der Waals surface area contributed by atoms with Crippen molar-refractivity contribution < 1.29 is 13.2 Å². The molecule has 1 fully saturated rings. The Kier molecular flexibility index (Phi) is 4.66. The second kappa shape index (κ2) is 5.91. The molecule has 1 aliphatic heterocycles. The van der Waals surface area contributed by atoms with Crippen molar-refractivity contribution in [1.82, 2.24) is 4.31 Å². The summed E-state index contributed by atoms with van der Waals surface area (Å²) in [5.74, 6) is 0.295. The van der Waals surface area contributed by atoms with Crippen LogP contribution in [0.2, 0.25) is 0 Å². The van der Waals surface area contributed by atoms with Gasteiger partial charge in [0.15, 0.2) is 0 Å². The first-order valence-corrected chi connectivity index (χ1v) is 8.45. The molecule has 1 saturated heterocycles. The number of hydrogen-bond acceptors (Lipinski definition) is 3. The predicted molar refractivity (Wildman–Crippen MR) is 77.6 cm³/mol. The van der Waals surface area contributed by atoms with Crippen LogP contribution in [0.1, 0.15) is 12.0 Å². The van der Waals surface area contributed by atoms with E-state index in [1.807, 2.05) is 13.0 Å². The zero-order valence-electron chi connectivity index (χ0n) is 11.1. The summed E-state index contributed by atoms with van der Waals surface area (Å²) in [5.41, 5.74) is 0.930. The number of ether oxygens (including phenoxy) is 1. The molecule has 0 aromatic heterocycles. The molecule has 1 aliphatic rings. The Morgan fingerprint density at radius 3 is 2.84 bits per heavy atom. The highest BCUT2D eigenvalue weighted by atomic mass is 79.9. The molecular formula is C13H18BrNO3S. The van der Waals surface area contributed by atoms with Gasteiger partial charge in [-0.1, -0.05) is 6.07 Å². The molecule has 1 aromatic rings. The Morgan fingerprint density at radius 1 is 1.47 bits per heavy atom. The van der Waals surface area contributed by atoms with Gasteiger partial charge in [0.05, 0.1) is 11.5 Å². The quantitative estimate of drug-likeness (QED) is 0.840. The van der Waals surface area contributed by atoms with Crippen LogP contribution < -0.4 is 0 Å². The second-order valence-corrected chi connectivity index (χ2v) is 7.82. The molecule has 19 heavy (non-hydrogen) atoms. The first-order chi connectivity index (χ1) is 8.91. The van der Waals surface area contributed by atoms with Gasteiger partial charge in [-0.05, 0) is 52.9 Å². The van der Waals surface area contributed by atoms with Crippen molar-refractivity contribution in [2.24, 2.45) is 5.92 Å². The van der Waals surface area contributed by atoms with Gasteiger partial charge in [0.25, 0.3) is 0 Å². The molecule has 2 rings (SSSR count). The molecule has 0 spiro atoms. The summed E-state index contributed by atoms with van der Waals surface area (Å²) >= 11 is 3.32. The molecule has 0 N–H and O–H groups in total. The summed E-state index contributed by atoms with van der Waals surface area (Å²) in [6, 6.07) is 5.35. The van der Waals surface area contributed by atoms with Gasteiger partial charge in [-0.3, -0.25) is 0 Å². The van der Waals surface area contributed by atoms with Crippen molar-refractivity contribution >= 4 is 26.0 Å². The Labute approximate surface area is 122 Å². The van der Waals surface area contributed by atoms with Crippen molar-refractivity contribution in [2.75, 3.05) is 26.8 Å². The predicted octanol–water partition coefficient (Wildman–Crippen LogP) is 2.41. The van der Waals surface area contributed by atoms with Crippen LogP contribution in [0, 0.1) is 12.8 Å². The van der Waals surface area contributed by atoms with Crippen LogP contribution in [0.4, 0.5) is 0 Å². The van der Waals surface area contributed by atoms with Crippen LogP contribution in [0.3, 0.4) is 0 Å². The fraction of sp³-hybridized carbons (Fsp3) is 0.538. The molecule has 1 heterocycles. The van der Waals surface area contributed by atoms with Gasteiger partial charge in [0, 0.05) is 24.7 Å². The zero-order chi connectivity index (χ0) is 14.0. The Balaban J connectivity index is 2.22. The van der Waals surface area contributed by atoms with Gasteiger partial charge in [0.1, 0.15) is 0 Å². The molecule has 106 valence electrons. The standard InChI is InChI=1S/C13H18BrNO3S/c1-10-3-4-12(14)13(7-10)19(16,17)15(2)8-11-5-6-18-9-11/h3-4,7,11H,5-6,8-9H2,1-2H3/t11-/m0/s1. The number of sulfonamides is 1. The third-order valence-corrected chi connectivity index (χ3v) is 6.13. The molecule has 0 amide bonds. The summed E-state index contributed by atoms with van der Waals surface area (Å²) in [4.78, 5) is 0.328. The van der Waals surface area contributed by atoms with Gasteiger partial charge in [-0.2, -0.15) is 0 Å². The Morgan fingerprint density at radius 2 is 2.21 bits per heavy atom. The number of benzene rings is 1. The van der Waals surface area contributed by atoms with Gasteiger partial charge >= 0.3 is 0 Å². The summed E-state index contributed by atoms with van der Waals surface area (Å²) in [6.07, 6.45) is 0.925. The van der Waals surface area contributed by atoms with Crippen molar-refractivity contribution in [3.63, 3.8) is 0 Å². The minimum atomic E-state index is -3.45. The van der Waals surface area contributed by atoms with Crippen molar-refractivity contribution in [2.45, 2.75) is 18.2 Å². The van der Waals surface area contributed by atoms with Gasteiger partial charge in [-0.25, -0.2) is 12.7 Å². The van der Waals surface area contributed by atoms with E-state index in [2.05, 4.69) is 15.9 Å². The van der Waals surface area contributed by atoms with Gasteiger partial charge in [0.2, 0.25) is 10.0 Å². The summed E-state index contributed by atoms with van der Waals surface area (Å²) < 4.78 is 32.4. The van der Waals surface area contributed by atoms with Crippen LogP contribution in [0.15, 0.2) is 27.6 Å². The van der Waals surface area contributed by atoms with Crippen molar-refractivity contribution in [3.8, 4) is 0 Å². The van der Waals surface area contributed by atoms with E-state index in [1.165, 1.54) is 4.31 Å². The monoisotopic (exact) mass is 347 g/mol. The number of aryl methyl sites for hydroxylation is 1. The topological polar surface area (TPSA) is 46.6 Å². The number of halogens is 1. The number of rotatable bonds is 4. The van der Waals surface area contributed by atoms with Crippen LogP contribution in [0.5, 0.6) is 0 Å².